The summed E-state index contributed by atoms with van der Waals surface area (Å²) >= 11 is 3.50. The van der Waals surface area contributed by atoms with Crippen LogP contribution in [0.3, 0.4) is 0 Å². The summed E-state index contributed by atoms with van der Waals surface area (Å²) in [4.78, 5) is 9.10. The van der Waals surface area contributed by atoms with Gasteiger partial charge in [0.25, 0.3) is 0 Å². The Hall–Kier alpha value is -0.640. The zero-order valence-electron chi connectivity index (χ0n) is 14.0. The van der Waals surface area contributed by atoms with Crippen LogP contribution in [0, 0.1) is 10.8 Å². The molecule has 0 aromatic carbocycles. The zero-order valence-corrected chi connectivity index (χ0v) is 15.5. The smallest absolute Gasteiger partial charge is 0.132 e. The molecule has 118 valence electrons. The fourth-order valence-electron chi connectivity index (χ4n) is 4.03. The molecule has 1 aromatic heterocycles. The van der Waals surface area contributed by atoms with Crippen molar-refractivity contribution in [3.8, 4) is 0 Å². The maximum Gasteiger partial charge on any atom is 0.132 e. The highest BCUT2D eigenvalue weighted by Crippen LogP contribution is 2.46. The standard InChI is InChI=1S/C17H28BrN3/c1-6-7-14-20-13(18)8-15(21-14)19-12-9-16(2,3)11-17(4,5)10-12/h8,12H,6-7,9-11H2,1-5H3,(H,19,20,21). The summed E-state index contributed by atoms with van der Waals surface area (Å²) in [5.74, 6) is 1.88. The first-order chi connectivity index (χ1) is 9.69. The highest BCUT2D eigenvalue weighted by atomic mass is 79.9. The minimum atomic E-state index is 0.385. The van der Waals surface area contributed by atoms with Gasteiger partial charge in [-0.05, 0) is 52.4 Å². The number of aromatic nitrogens is 2. The molecule has 0 radical (unpaired) electrons. The minimum Gasteiger partial charge on any atom is -0.367 e. The molecule has 1 heterocycles. The van der Waals surface area contributed by atoms with Gasteiger partial charge in [-0.2, -0.15) is 0 Å². The van der Waals surface area contributed by atoms with Crippen LogP contribution in [0.4, 0.5) is 5.82 Å². The summed E-state index contributed by atoms with van der Waals surface area (Å²) < 4.78 is 0.873. The van der Waals surface area contributed by atoms with E-state index in [0.29, 0.717) is 16.9 Å². The highest BCUT2D eigenvalue weighted by Gasteiger charge is 2.38. The molecule has 0 atom stereocenters. The van der Waals surface area contributed by atoms with Gasteiger partial charge in [0.05, 0.1) is 0 Å². The molecular formula is C17H28BrN3. The molecule has 3 nitrogen and oxygen atoms in total. The van der Waals surface area contributed by atoms with Crippen molar-refractivity contribution in [2.75, 3.05) is 5.32 Å². The molecule has 0 spiro atoms. The second-order valence-corrected chi connectivity index (χ2v) is 8.81. The summed E-state index contributed by atoms with van der Waals surface area (Å²) in [6, 6.07) is 2.48. The van der Waals surface area contributed by atoms with E-state index >= 15 is 0 Å². The van der Waals surface area contributed by atoms with Crippen LogP contribution in [0.15, 0.2) is 10.7 Å². The van der Waals surface area contributed by atoms with E-state index in [4.69, 9.17) is 0 Å². The van der Waals surface area contributed by atoms with Gasteiger partial charge in [0.1, 0.15) is 16.2 Å². The second-order valence-electron chi connectivity index (χ2n) is 8.00. The van der Waals surface area contributed by atoms with Gasteiger partial charge in [0, 0.05) is 18.5 Å². The molecule has 2 rings (SSSR count). The number of nitrogens with zero attached hydrogens (tertiary/aromatic N) is 2. The van der Waals surface area contributed by atoms with Crippen LogP contribution in [0.25, 0.3) is 0 Å². The van der Waals surface area contributed by atoms with E-state index in [1.54, 1.807) is 0 Å². The van der Waals surface area contributed by atoms with E-state index < -0.39 is 0 Å². The van der Waals surface area contributed by atoms with Crippen LogP contribution in [0.1, 0.15) is 66.1 Å². The van der Waals surface area contributed by atoms with Gasteiger partial charge in [0.15, 0.2) is 0 Å². The Morgan fingerprint density at radius 2 is 1.81 bits per heavy atom. The molecule has 1 aliphatic carbocycles. The van der Waals surface area contributed by atoms with Crippen molar-refractivity contribution in [3.63, 3.8) is 0 Å². The molecule has 1 N–H and O–H groups in total. The van der Waals surface area contributed by atoms with Gasteiger partial charge in [-0.15, -0.1) is 0 Å². The van der Waals surface area contributed by atoms with Gasteiger partial charge in [0.2, 0.25) is 0 Å². The average molecular weight is 354 g/mol. The van der Waals surface area contributed by atoms with Crippen LogP contribution >= 0.6 is 15.9 Å². The van der Waals surface area contributed by atoms with Gasteiger partial charge in [-0.3, -0.25) is 0 Å². The monoisotopic (exact) mass is 353 g/mol. The van der Waals surface area contributed by atoms with E-state index in [9.17, 15) is 0 Å². The highest BCUT2D eigenvalue weighted by molar-refractivity contribution is 9.10. The molecule has 0 bridgehead atoms. The van der Waals surface area contributed by atoms with Crippen LogP contribution in [-0.2, 0) is 6.42 Å². The summed E-state index contributed by atoms with van der Waals surface area (Å²) in [5, 5.41) is 3.65. The average Bonchev–Trinajstić information content (AvgIpc) is 2.23. The lowest BCUT2D eigenvalue weighted by molar-refractivity contribution is 0.105. The summed E-state index contributed by atoms with van der Waals surface area (Å²) in [6.07, 6.45) is 5.67. The van der Waals surface area contributed by atoms with E-state index in [2.05, 4.69) is 65.8 Å². The molecule has 1 aliphatic rings. The first-order valence-electron chi connectivity index (χ1n) is 7.99. The molecule has 0 aliphatic heterocycles. The van der Waals surface area contributed by atoms with Gasteiger partial charge < -0.3 is 5.32 Å². The Labute approximate surface area is 137 Å². The largest absolute Gasteiger partial charge is 0.367 e. The molecule has 0 unspecified atom stereocenters. The fraction of sp³-hybridized carbons (Fsp3) is 0.765. The van der Waals surface area contributed by atoms with Crippen LogP contribution in [-0.4, -0.2) is 16.0 Å². The van der Waals surface area contributed by atoms with E-state index in [1.165, 1.54) is 19.3 Å². The van der Waals surface area contributed by atoms with E-state index in [1.807, 2.05) is 6.07 Å². The third-order valence-electron chi connectivity index (χ3n) is 4.12. The summed E-state index contributed by atoms with van der Waals surface area (Å²) in [5.41, 5.74) is 0.770. The van der Waals surface area contributed by atoms with Crippen molar-refractivity contribution >= 4 is 21.7 Å². The maximum absolute atomic E-state index is 4.66. The van der Waals surface area contributed by atoms with Gasteiger partial charge >= 0.3 is 0 Å². The second kappa shape index (κ2) is 6.23. The fourth-order valence-corrected chi connectivity index (χ4v) is 4.45. The number of anilines is 1. The number of rotatable bonds is 4. The lowest BCUT2D eigenvalue weighted by atomic mass is 9.63. The first kappa shape index (κ1) is 16.7. The van der Waals surface area contributed by atoms with Crippen LogP contribution < -0.4 is 5.32 Å². The molecule has 1 aromatic rings. The summed E-state index contributed by atoms with van der Waals surface area (Å²) in [6.45, 7) is 11.7. The van der Waals surface area contributed by atoms with Crippen molar-refractivity contribution in [1.29, 1.82) is 0 Å². The third-order valence-corrected chi connectivity index (χ3v) is 4.53. The van der Waals surface area contributed by atoms with Crippen LogP contribution in [0.2, 0.25) is 0 Å². The Morgan fingerprint density at radius 3 is 2.38 bits per heavy atom. The Morgan fingerprint density at radius 1 is 1.19 bits per heavy atom. The van der Waals surface area contributed by atoms with Crippen molar-refractivity contribution < 1.29 is 0 Å². The molecular weight excluding hydrogens is 326 g/mol. The van der Waals surface area contributed by atoms with Crippen molar-refractivity contribution in [3.05, 3.63) is 16.5 Å². The molecule has 0 saturated heterocycles. The number of hydrogen-bond acceptors (Lipinski definition) is 3. The third kappa shape index (κ3) is 4.94. The molecule has 21 heavy (non-hydrogen) atoms. The Balaban J connectivity index is 2.13. The quantitative estimate of drug-likeness (QED) is 0.755. The number of halogens is 1. The normalized spacial score (nSPS) is 21.2. The molecule has 0 amide bonds. The Bertz CT molecular complexity index is 481. The number of aryl methyl sites for hydroxylation is 1. The SMILES string of the molecule is CCCc1nc(Br)cc(NC2CC(C)(C)CC(C)(C)C2)n1. The topological polar surface area (TPSA) is 37.8 Å². The summed E-state index contributed by atoms with van der Waals surface area (Å²) in [7, 11) is 0. The predicted octanol–water partition coefficient (Wildman–Crippen LogP) is 5.21. The van der Waals surface area contributed by atoms with Gasteiger partial charge in [-0.1, -0.05) is 34.6 Å². The predicted molar refractivity (Wildman–Crippen MR) is 92.6 cm³/mol. The van der Waals surface area contributed by atoms with Gasteiger partial charge in [-0.25, -0.2) is 9.97 Å². The van der Waals surface area contributed by atoms with Crippen molar-refractivity contribution in [1.82, 2.24) is 9.97 Å². The molecule has 1 fully saturated rings. The van der Waals surface area contributed by atoms with E-state index in [0.717, 1.165) is 29.1 Å². The minimum absolute atomic E-state index is 0.385. The molecule has 4 heteroatoms. The zero-order chi connectivity index (χ0) is 15.7. The lowest BCUT2D eigenvalue weighted by Crippen LogP contribution is -2.40. The lowest BCUT2D eigenvalue weighted by Gasteiger charge is -2.45. The van der Waals surface area contributed by atoms with Crippen molar-refractivity contribution in [2.45, 2.75) is 72.8 Å². The van der Waals surface area contributed by atoms with Crippen molar-refractivity contribution in [2.24, 2.45) is 10.8 Å². The van der Waals surface area contributed by atoms with E-state index in [-0.39, 0.29) is 0 Å². The van der Waals surface area contributed by atoms with Crippen LogP contribution in [0.5, 0.6) is 0 Å². The molecule has 1 saturated carbocycles. The number of nitrogens with one attached hydrogen (secondary N) is 1. The first-order valence-corrected chi connectivity index (χ1v) is 8.78. The maximum atomic E-state index is 4.66. The Kier molecular flexibility index (Phi) is 4.96. The number of hydrogen-bond donors (Lipinski definition) is 1.